The minimum Gasteiger partial charge on any atom is -0.302 e. The predicted octanol–water partition coefficient (Wildman–Crippen LogP) is 4.72. The topological polar surface area (TPSA) is 6.48 Å². The zero-order valence-corrected chi connectivity index (χ0v) is 15.7. The highest BCUT2D eigenvalue weighted by atomic mass is 15.2. The van der Waals surface area contributed by atoms with Crippen molar-refractivity contribution < 1.29 is 0 Å². The molecule has 0 amide bonds. The Morgan fingerprint density at radius 2 is 1.68 bits per heavy atom. The van der Waals surface area contributed by atoms with Crippen LogP contribution in [0, 0.1) is 0 Å². The molecule has 0 N–H and O–H groups in total. The van der Waals surface area contributed by atoms with Crippen LogP contribution in [0.25, 0.3) is 10.8 Å². The average molecular weight is 337 g/mol. The highest BCUT2D eigenvalue weighted by molar-refractivity contribution is 5.82. The van der Waals surface area contributed by atoms with Crippen molar-refractivity contribution in [3.8, 4) is 0 Å². The molecule has 2 nitrogen and oxygen atoms in total. The molecule has 1 saturated carbocycles. The summed E-state index contributed by atoms with van der Waals surface area (Å²) in [7, 11) is 2.36. The lowest BCUT2D eigenvalue weighted by atomic mass is 9.88. The van der Waals surface area contributed by atoms with Crippen molar-refractivity contribution >= 4 is 10.8 Å². The Bertz CT molecular complexity index is 689. The molecule has 2 atom stereocenters. The van der Waals surface area contributed by atoms with Crippen LogP contribution in [-0.2, 0) is 6.42 Å². The molecule has 4 rings (SSSR count). The molecule has 1 aliphatic heterocycles. The van der Waals surface area contributed by atoms with Crippen LogP contribution in [0.4, 0.5) is 0 Å². The van der Waals surface area contributed by atoms with E-state index in [0.29, 0.717) is 0 Å². The van der Waals surface area contributed by atoms with E-state index in [1.807, 2.05) is 0 Å². The van der Waals surface area contributed by atoms with Gasteiger partial charge in [-0.15, -0.1) is 0 Å². The molecule has 0 spiro atoms. The lowest BCUT2D eigenvalue weighted by molar-refractivity contribution is 0.0771. The fourth-order valence-corrected chi connectivity index (χ4v) is 4.97. The number of hydrogen-bond donors (Lipinski definition) is 0. The zero-order valence-electron chi connectivity index (χ0n) is 15.7. The van der Waals surface area contributed by atoms with Crippen molar-refractivity contribution in [2.45, 2.75) is 57.0 Å². The molecule has 0 radical (unpaired) electrons. The molecule has 2 fully saturated rings. The molecule has 2 aliphatic rings. The highest BCUT2D eigenvalue weighted by Gasteiger charge is 2.33. The smallest absolute Gasteiger partial charge is 0.0251 e. The third-order valence-corrected chi connectivity index (χ3v) is 6.44. The van der Waals surface area contributed by atoms with Gasteiger partial charge in [0.25, 0.3) is 0 Å². The summed E-state index contributed by atoms with van der Waals surface area (Å²) < 4.78 is 0. The number of benzene rings is 2. The summed E-state index contributed by atoms with van der Waals surface area (Å²) in [6, 6.07) is 17.2. The number of nitrogens with zero attached hydrogens (tertiary/aromatic N) is 2. The Labute approximate surface area is 152 Å². The van der Waals surface area contributed by atoms with E-state index in [-0.39, 0.29) is 0 Å². The Morgan fingerprint density at radius 3 is 2.52 bits per heavy atom. The monoisotopic (exact) mass is 336 g/mol. The molecule has 25 heavy (non-hydrogen) atoms. The van der Waals surface area contributed by atoms with Crippen LogP contribution in [0.15, 0.2) is 42.5 Å². The van der Waals surface area contributed by atoms with E-state index in [2.05, 4.69) is 59.3 Å². The lowest BCUT2D eigenvalue weighted by Gasteiger charge is -2.42. The molecule has 134 valence electrons. The van der Waals surface area contributed by atoms with Crippen molar-refractivity contribution in [2.75, 3.05) is 26.7 Å². The number of likely N-dealkylation sites (tertiary alicyclic amines) is 1. The third-order valence-electron chi connectivity index (χ3n) is 6.44. The second kappa shape index (κ2) is 7.88. The first kappa shape index (κ1) is 17.1. The van der Waals surface area contributed by atoms with Crippen LogP contribution < -0.4 is 0 Å². The van der Waals surface area contributed by atoms with Gasteiger partial charge in [0.2, 0.25) is 0 Å². The molecule has 1 aliphatic carbocycles. The summed E-state index contributed by atoms with van der Waals surface area (Å²) in [5.41, 5.74) is 1.47. The van der Waals surface area contributed by atoms with Crippen LogP contribution in [-0.4, -0.2) is 48.6 Å². The molecule has 2 aromatic rings. The van der Waals surface area contributed by atoms with Crippen molar-refractivity contribution in [2.24, 2.45) is 0 Å². The maximum absolute atomic E-state index is 2.79. The van der Waals surface area contributed by atoms with E-state index < -0.39 is 0 Å². The van der Waals surface area contributed by atoms with Crippen molar-refractivity contribution in [3.63, 3.8) is 0 Å². The van der Waals surface area contributed by atoms with Gasteiger partial charge in [0.05, 0.1) is 0 Å². The number of hydrogen-bond acceptors (Lipinski definition) is 2. The zero-order chi connectivity index (χ0) is 17.1. The first-order valence-electron chi connectivity index (χ1n) is 10.2. The molecule has 0 unspecified atom stereocenters. The number of likely N-dealkylation sites (N-methyl/N-ethyl adjacent to an activating group) is 1. The average Bonchev–Trinajstić information content (AvgIpc) is 3.20. The summed E-state index contributed by atoms with van der Waals surface area (Å²) >= 11 is 0. The first-order valence-corrected chi connectivity index (χ1v) is 10.2. The van der Waals surface area contributed by atoms with Crippen LogP contribution in [0.3, 0.4) is 0 Å². The minimum absolute atomic E-state index is 0.757. The van der Waals surface area contributed by atoms with Crippen LogP contribution >= 0.6 is 0 Å². The molecule has 2 heteroatoms. The van der Waals surface area contributed by atoms with Gasteiger partial charge < -0.3 is 4.90 Å². The van der Waals surface area contributed by atoms with Gasteiger partial charge in [0.1, 0.15) is 0 Å². The van der Waals surface area contributed by atoms with Gasteiger partial charge >= 0.3 is 0 Å². The first-order chi connectivity index (χ1) is 12.3. The molecule has 1 saturated heterocycles. The fourth-order valence-electron chi connectivity index (χ4n) is 4.97. The Balaban J connectivity index is 1.40. The van der Waals surface area contributed by atoms with Gasteiger partial charge in [-0.25, -0.2) is 0 Å². The van der Waals surface area contributed by atoms with Crippen LogP contribution in [0.2, 0.25) is 0 Å². The standard InChI is InChI=1S/C23H32N2/c1-24(22-10-4-5-11-23(22)25-15-6-7-16-25)17-14-19-12-13-20-8-2-3-9-21(20)18-19/h2-3,8-9,12-13,18,22-23H,4-7,10-11,14-17H2,1H3/t22-,23+/m0/s1. The maximum Gasteiger partial charge on any atom is 0.0251 e. The number of fused-ring (bicyclic) bond motifs is 1. The maximum atomic E-state index is 2.79. The molecular formula is C23H32N2. The third kappa shape index (κ3) is 3.91. The van der Waals surface area contributed by atoms with E-state index in [4.69, 9.17) is 0 Å². The lowest BCUT2D eigenvalue weighted by Crippen LogP contribution is -2.51. The molecular weight excluding hydrogens is 304 g/mol. The van der Waals surface area contributed by atoms with Gasteiger partial charge in [-0.1, -0.05) is 55.3 Å². The summed E-state index contributed by atoms with van der Waals surface area (Å²) in [4.78, 5) is 5.45. The van der Waals surface area contributed by atoms with Crippen molar-refractivity contribution in [1.82, 2.24) is 9.80 Å². The molecule has 0 aromatic heterocycles. The Kier molecular flexibility index (Phi) is 5.38. The van der Waals surface area contributed by atoms with E-state index in [9.17, 15) is 0 Å². The second-order valence-corrected chi connectivity index (χ2v) is 8.07. The van der Waals surface area contributed by atoms with Gasteiger partial charge in [-0.3, -0.25) is 4.90 Å². The van der Waals surface area contributed by atoms with E-state index >= 15 is 0 Å². The minimum atomic E-state index is 0.757. The highest BCUT2D eigenvalue weighted by Crippen LogP contribution is 2.29. The number of rotatable bonds is 5. The van der Waals surface area contributed by atoms with Gasteiger partial charge in [-0.05, 0) is 68.6 Å². The summed E-state index contributed by atoms with van der Waals surface area (Å²) in [5.74, 6) is 0. The fraction of sp³-hybridized carbons (Fsp3) is 0.565. The summed E-state index contributed by atoms with van der Waals surface area (Å²) in [6.45, 7) is 3.84. The quantitative estimate of drug-likeness (QED) is 0.779. The van der Waals surface area contributed by atoms with E-state index in [0.717, 1.165) is 18.5 Å². The SMILES string of the molecule is CN(CCc1ccc2ccccc2c1)[C@H]1CCCC[C@H]1N1CCCC1. The molecule has 0 bridgehead atoms. The van der Waals surface area contributed by atoms with E-state index in [1.54, 1.807) is 0 Å². The van der Waals surface area contributed by atoms with Crippen LogP contribution in [0.1, 0.15) is 44.1 Å². The second-order valence-electron chi connectivity index (χ2n) is 8.07. The molecule has 1 heterocycles. The summed E-state index contributed by atoms with van der Waals surface area (Å²) in [6.07, 6.45) is 9.60. The van der Waals surface area contributed by atoms with Gasteiger partial charge in [0.15, 0.2) is 0 Å². The van der Waals surface area contributed by atoms with Crippen LogP contribution in [0.5, 0.6) is 0 Å². The Hall–Kier alpha value is -1.38. The largest absolute Gasteiger partial charge is 0.302 e. The Morgan fingerprint density at radius 1 is 0.920 bits per heavy atom. The summed E-state index contributed by atoms with van der Waals surface area (Å²) in [5, 5.41) is 2.72. The molecule has 2 aromatic carbocycles. The van der Waals surface area contributed by atoms with E-state index in [1.165, 1.54) is 74.5 Å². The van der Waals surface area contributed by atoms with Crippen molar-refractivity contribution in [3.05, 3.63) is 48.0 Å². The van der Waals surface area contributed by atoms with Gasteiger partial charge in [0, 0.05) is 18.6 Å². The predicted molar refractivity (Wildman–Crippen MR) is 107 cm³/mol. The van der Waals surface area contributed by atoms with Gasteiger partial charge in [-0.2, -0.15) is 0 Å². The van der Waals surface area contributed by atoms with Crippen molar-refractivity contribution in [1.29, 1.82) is 0 Å². The normalized spacial score (nSPS) is 25.0.